The molecule has 0 unspecified atom stereocenters. The van der Waals surface area contributed by atoms with Crippen molar-refractivity contribution >= 4 is 45.4 Å². The van der Waals surface area contributed by atoms with E-state index < -0.39 is 0 Å². The number of pyridine rings is 1. The third-order valence-electron chi connectivity index (χ3n) is 4.42. The van der Waals surface area contributed by atoms with Gasteiger partial charge in [0.2, 0.25) is 0 Å². The van der Waals surface area contributed by atoms with Crippen LogP contribution in [0.5, 0.6) is 0 Å². The quantitative estimate of drug-likeness (QED) is 0.604. The Morgan fingerprint density at radius 3 is 2.70 bits per heavy atom. The molecule has 0 atom stereocenters. The Morgan fingerprint density at radius 2 is 1.93 bits per heavy atom. The first-order chi connectivity index (χ1) is 13.0. The smallest absolute Gasteiger partial charge is 0.274 e. The molecule has 27 heavy (non-hydrogen) atoms. The van der Waals surface area contributed by atoms with E-state index in [-0.39, 0.29) is 22.3 Å². The largest absolute Gasteiger partial charge is 0.335 e. The van der Waals surface area contributed by atoms with Gasteiger partial charge < -0.3 is 4.90 Å². The molecule has 10 heteroatoms. The van der Waals surface area contributed by atoms with Crippen molar-refractivity contribution in [1.29, 1.82) is 0 Å². The van der Waals surface area contributed by atoms with E-state index in [2.05, 4.69) is 14.9 Å². The summed E-state index contributed by atoms with van der Waals surface area (Å²) in [5, 5.41) is 2.37. The van der Waals surface area contributed by atoms with Crippen LogP contribution in [0.3, 0.4) is 0 Å². The second-order valence-electron chi connectivity index (χ2n) is 6.17. The maximum absolute atomic E-state index is 12.6. The van der Waals surface area contributed by atoms with Gasteiger partial charge in [0.25, 0.3) is 11.5 Å². The predicted octanol–water partition coefficient (Wildman–Crippen LogP) is 2.42. The summed E-state index contributed by atoms with van der Waals surface area (Å²) in [6, 6.07) is 4.69. The van der Waals surface area contributed by atoms with Crippen LogP contribution in [0.4, 0.5) is 0 Å². The van der Waals surface area contributed by atoms with Gasteiger partial charge in [-0.1, -0.05) is 23.2 Å². The highest BCUT2D eigenvalue weighted by Gasteiger charge is 2.25. The monoisotopic (exact) mass is 423 g/mol. The summed E-state index contributed by atoms with van der Waals surface area (Å²) < 4.78 is 1.53. The molecule has 0 bridgehead atoms. The highest BCUT2D eigenvalue weighted by Crippen LogP contribution is 2.19. The number of piperazine rings is 1. The van der Waals surface area contributed by atoms with Crippen LogP contribution in [0.15, 0.2) is 34.6 Å². The van der Waals surface area contributed by atoms with E-state index in [1.165, 1.54) is 15.7 Å². The van der Waals surface area contributed by atoms with Gasteiger partial charge in [0.05, 0.1) is 10.7 Å². The SMILES string of the molecule is O=C(c1nc(Cl)ccc1Cl)N1CCN(Cc2cc(=O)n3ccsc3n2)CC1. The summed E-state index contributed by atoms with van der Waals surface area (Å²) in [6.45, 7) is 3.01. The summed E-state index contributed by atoms with van der Waals surface area (Å²) in [5.41, 5.74) is 0.837. The lowest BCUT2D eigenvalue weighted by Crippen LogP contribution is -2.48. The van der Waals surface area contributed by atoms with E-state index in [9.17, 15) is 9.59 Å². The van der Waals surface area contributed by atoms with Crippen LogP contribution in [-0.4, -0.2) is 56.3 Å². The minimum atomic E-state index is -0.224. The molecule has 1 aliphatic heterocycles. The Kier molecular flexibility index (Phi) is 5.14. The number of fused-ring (bicyclic) bond motifs is 1. The number of nitrogens with zero attached hydrogens (tertiary/aromatic N) is 5. The number of thiazole rings is 1. The minimum absolute atomic E-state index is 0.0771. The van der Waals surface area contributed by atoms with Crippen molar-refractivity contribution < 1.29 is 4.79 Å². The Bertz CT molecular complexity index is 1060. The van der Waals surface area contributed by atoms with Crippen LogP contribution in [0.2, 0.25) is 10.2 Å². The van der Waals surface area contributed by atoms with Crippen LogP contribution in [0.25, 0.3) is 4.96 Å². The van der Waals surface area contributed by atoms with Gasteiger partial charge in [-0.3, -0.25) is 18.9 Å². The lowest BCUT2D eigenvalue weighted by Gasteiger charge is -2.34. The first-order valence-corrected chi connectivity index (χ1v) is 9.94. The topological polar surface area (TPSA) is 70.8 Å². The van der Waals surface area contributed by atoms with E-state index >= 15 is 0 Å². The number of halogens is 2. The van der Waals surface area contributed by atoms with Crippen molar-refractivity contribution in [1.82, 2.24) is 24.2 Å². The highest BCUT2D eigenvalue weighted by atomic mass is 35.5. The van der Waals surface area contributed by atoms with Gasteiger partial charge in [0, 0.05) is 50.4 Å². The van der Waals surface area contributed by atoms with Crippen molar-refractivity contribution in [3.8, 4) is 0 Å². The zero-order chi connectivity index (χ0) is 19.0. The summed E-state index contributed by atoms with van der Waals surface area (Å²) in [4.78, 5) is 37.9. The average molecular weight is 424 g/mol. The summed E-state index contributed by atoms with van der Waals surface area (Å²) in [5.74, 6) is -0.224. The van der Waals surface area contributed by atoms with E-state index in [1.54, 1.807) is 29.3 Å². The number of hydrogen-bond acceptors (Lipinski definition) is 6. The lowest BCUT2D eigenvalue weighted by molar-refractivity contribution is 0.0621. The molecule has 0 N–H and O–H groups in total. The first kappa shape index (κ1) is 18.4. The van der Waals surface area contributed by atoms with Gasteiger partial charge in [-0.2, -0.15) is 0 Å². The van der Waals surface area contributed by atoms with E-state index in [4.69, 9.17) is 23.2 Å². The minimum Gasteiger partial charge on any atom is -0.335 e. The van der Waals surface area contributed by atoms with Crippen LogP contribution in [0.1, 0.15) is 16.2 Å². The van der Waals surface area contributed by atoms with E-state index in [0.717, 1.165) is 5.69 Å². The van der Waals surface area contributed by atoms with Gasteiger partial charge in [-0.25, -0.2) is 9.97 Å². The lowest BCUT2D eigenvalue weighted by atomic mass is 10.2. The van der Waals surface area contributed by atoms with Crippen molar-refractivity contribution in [3.63, 3.8) is 0 Å². The van der Waals surface area contributed by atoms with Crippen molar-refractivity contribution in [2.24, 2.45) is 0 Å². The zero-order valence-corrected chi connectivity index (χ0v) is 16.5. The predicted molar refractivity (Wildman–Crippen MR) is 105 cm³/mol. The number of amides is 1. The van der Waals surface area contributed by atoms with Gasteiger partial charge >= 0.3 is 0 Å². The zero-order valence-electron chi connectivity index (χ0n) is 14.1. The molecule has 1 saturated heterocycles. The summed E-state index contributed by atoms with van der Waals surface area (Å²) >= 11 is 13.4. The molecule has 0 aromatic carbocycles. The van der Waals surface area contributed by atoms with Crippen molar-refractivity contribution in [2.75, 3.05) is 26.2 Å². The molecule has 0 aliphatic carbocycles. The molecular weight excluding hydrogens is 409 g/mol. The maximum Gasteiger partial charge on any atom is 0.274 e. The van der Waals surface area contributed by atoms with Crippen LogP contribution >= 0.6 is 34.5 Å². The third kappa shape index (κ3) is 3.84. The third-order valence-corrected chi connectivity index (χ3v) is 5.69. The Hall–Kier alpha value is -2.00. The molecule has 0 radical (unpaired) electrons. The molecule has 1 aliphatic rings. The van der Waals surface area contributed by atoms with Crippen LogP contribution < -0.4 is 5.56 Å². The molecule has 140 valence electrons. The highest BCUT2D eigenvalue weighted by molar-refractivity contribution is 7.15. The fraction of sp³-hybridized carbons (Fsp3) is 0.294. The Morgan fingerprint density at radius 1 is 1.15 bits per heavy atom. The first-order valence-electron chi connectivity index (χ1n) is 8.31. The molecule has 7 nitrogen and oxygen atoms in total. The molecular formula is C17H15Cl2N5O2S. The standard InChI is InChI=1S/C17H15Cl2N5O2S/c18-12-1-2-13(19)21-15(12)16(26)23-5-3-22(4-6-23)10-11-9-14(25)24-7-8-27-17(24)20-11/h1-2,7-9H,3-6,10H2. The summed E-state index contributed by atoms with van der Waals surface area (Å²) in [7, 11) is 0. The molecule has 0 spiro atoms. The fourth-order valence-electron chi connectivity index (χ4n) is 3.03. The fourth-order valence-corrected chi connectivity index (χ4v) is 4.10. The molecule has 1 fully saturated rings. The number of carbonyl (C=O) groups is 1. The van der Waals surface area contributed by atoms with E-state index in [0.29, 0.717) is 42.7 Å². The van der Waals surface area contributed by atoms with Crippen LogP contribution in [-0.2, 0) is 6.54 Å². The molecule has 3 aromatic heterocycles. The molecule has 0 saturated carbocycles. The van der Waals surface area contributed by atoms with Gasteiger partial charge in [0.1, 0.15) is 10.8 Å². The molecule has 4 rings (SSSR count). The summed E-state index contributed by atoms with van der Waals surface area (Å²) in [6.07, 6.45) is 1.72. The van der Waals surface area contributed by atoms with Gasteiger partial charge in [-0.05, 0) is 12.1 Å². The number of aromatic nitrogens is 3. The number of carbonyl (C=O) groups excluding carboxylic acids is 1. The number of hydrogen-bond donors (Lipinski definition) is 0. The van der Waals surface area contributed by atoms with Gasteiger partial charge in [0.15, 0.2) is 4.96 Å². The number of rotatable bonds is 3. The maximum atomic E-state index is 12.6. The van der Waals surface area contributed by atoms with E-state index in [1.807, 2.05) is 5.38 Å². The second kappa shape index (κ2) is 7.55. The molecule has 4 heterocycles. The van der Waals surface area contributed by atoms with Crippen LogP contribution in [0, 0.1) is 0 Å². The second-order valence-corrected chi connectivity index (χ2v) is 7.84. The molecule has 1 amide bonds. The molecule has 3 aromatic rings. The average Bonchev–Trinajstić information content (AvgIpc) is 3.13. The normalized spacial score (nSPS) is 15.4. The van der Waals surface area contributed by atoms with Crippen molar-refractivity contribution in [3.05, 3.63) is 61.7 Å². The van der Waals surface area contributed by atoms with Gasteiger partial charge in [-0.15, -0.1) is 11.3 Å². The van der Waals surface area contributed by atoms with Crippen molar-refractivity contribution in [2.45, 2.75) is 6.54 Å². The Labute approximate surface area is 168 Å². The Balaban J connectivity index is 1.41.